The van der Waals surface area contributed by atoms with Gasteiger partial charge in [-0.25, -0.2) is 0 Å². The summed E-state index contributed by atoms with van der Waals surface area (Å²) in [5.74, 6) is -0.0662. The van der Waals surface area contributed by atoms with Gasteiger partial charge >= 0.3 is 0 Å². The number of hydrogen-bond donors (Lipinski definition) is 1. The monoisotopic (exact) mass is 401 g/mol. The van der Waals surface area contributed by atoms with Crippen LogP contribution in [-0.4, -0.2) is 49.4 Å². The molecule has 126 valence electrons. The lowest BCUT2D eigenvalue weighted by atomic mass is 10.1. The van der Waals surface area contributed by atoms with E-state index in [1.807, 2.05) is 29.2 Å². The number of anilines is 1. The van der Waals surface area contributed by atoms with E-state index in [2.05, 4.69) is 21.2 Å². The van der Waals surface area contributed by atoms with Crippen molar-refractivity contribution in [1.82, 2.24) is 10.2 Å². The zero-order chi connectivity index (χ0) is 15.5. The molecule has 0 spiro atoms. The van der Waals surface area contributed by atoms with Crippen LogP contribution in [0.2, 0.25) is 0 Å². The van der Waals surface area contributed by atoms with Crippen molar-refractivity contribution >= 4 is 45.8 Å². The molecule has 0 bridgehead atoms. The van der Waals surface area contributed by atoms with Crippen molar-refractivity contribution in [3.8, 4) is 0 Å². The smallest absolute Gasteiger partial charge is 0.228 e. The average Bonchev–Trinajstić information content (AvgIpc) is 2.73. The van der Waals surface area contributed by atoms with Crippen LogP contribution in [0.15, 0.2) is 28.7 Å². The Labute approximate surface area is 150 Å². The Morgan fingerprint density at radius 3 is 2.87 bits per heavy atom. The van der Waals surface area contributed by atoms with Gasteiger partial charge in [-0.1, -0.05) is 22.0 Å². The van der Waals surface area contributed by atoms with Crippen molar-refractivity contribution in [1.29, 1.82) is 0 Å². The Bertz CT molecular complexity index is 576. The topological polar surface area (TPSA) is 52.7 Å². The molecule has 2 saturated heterocycles. The van der Waals surface area contributed by atoms with E-state index in [9.17, 15) is 9.59 Å². The zero-order valence-electron chi connectivity index (χ0n) is 12.8. The highest BCUT2D eigenvalue weighted by Crippen LogP contribution is 2.28. The van der Waals surface area contributed by atoms with Gasteiger partial charge in [0.15, 0.2) is 0 Å². The SMILES string of the molecule is Cl.O=C(C1CC(=O)N(c2cccc(Br)c2)C1)N1CCCNCC1. The maximum absolute atomic E-state index is 12.7. The van der Waals surface area contributed by atoms with Crippen LogP contribution >= 0.6 is 28.3 Å². The molecular weight excluding hydrogens is 382 g/mol. The third-order valence-electron chi connectivity index (χ3n) is 4.25. The molecule has 3 rings (SSSR count). The number of carbonyl (C=O) groups is 2. The largest absolute Gasteiger partial charge is 0.341 e. The summed E-state index contributed by atoms with van der Waals surface area (Å²) >= 11 is 3.42. The number of nitrogens with zero attached hydrogens (tertiary/aromatic N) is 2. The number of hydrogen-bond acceptors (Lipinski definition) is 3. The predicted molar refractivity (Wildman–Crippen MR) is 95.9 cm³/mol. The molecule has 5 nitrogen and oxygen atoms in total. The maximum Gasteiger partial charge on any atom is 0.228 e. The van der Waals surface area contributed by atoms with E-state index in [-0.39, 0.29) is 30.1 Å². The van der Waals surface area contributed by atoms with Gasteiger partial charge in [0.1, 0.15) is 0 Å². The maximum atomic E-state index is 12.7. The van der Waals surface area contributed by atoms with Crippen LogP contribution in [0.1, 0.15) is 12.8 Å². The first-order valence-electron chi connectivity index (χ1n) is 7.70. The van der Waals surface area contributed by atoms with Crippen molar-refractivity contribution in [2.45, 2.75) is 12.8 Å². The molecule has 2 heterocycles. The van der Waals surface area contributed by atoms with Crippen molar-refractivity contribution in [2.24, 2.45) is 5.92 Å². The highest BCUT2D eigenvalue weighted by Gasteiger charge is 2.37. The molecule has 2 amide bonds. The van der Waals surface area contributed by atoms with Gasteiger partial charge in [0.2, 0.25) is 11.8 Å². The fourth-order valence-electron chi connectivity index (χ4n) is 3.09. The van der Waals surface area contributed by atoms with Gasteiger partial charge < -0.3 is 15.1 Å². The Balaban J connectivity index is 0.00000192. The number of halogens is 2. The molecule has 0 aliphatic carbocycles. The predicted octanol–water partition coefficient (Wildman–Crippen LogP) is 2.05. The molecule has 1 N–H and O–H groups in total. The summed E-state index contributed by atoms with van der Waals surface area (Å²) in [6.07, 6.45) is 1.29. The Morgan fingerprint density at radius 2 is 2.09 bits per heavy atom. The van der Waals surface area contributed by atoms with Gasteiger partial charge in [0.25, 0.3) is 0 Å². The molecule has 1 aromatic carbocycles. The minimum atomic E-state index is -0.218. The fourth-order valence-corrected chi connectivity index (χ4v) is 3.48. The molecule has 2 aliphatic heterocycles. The van der Waals surface area contributed by atoms with Crippen molar-refractivity contribution < 1.29 is 9.59 Å². The van der Waals surface area contributed by atoms with Crippen LogP contribution in [-0.2, 0) is 9.59 Å². The average molecular weight is 403 g/mol. The first-order valence-corrected chi connectivity index (χ1v) is 8.50. The van der Waals surface area contributed by atoms with Crippen molar-refractivity contribution in [2.75, 3.05) is 37.6 Å². The minimum absolute atomic E-state index is 0. The van der Waals surface area contributed by atoms with Gasteiger partial charge in [-0.3, -0.25) is 9.59 Å². The normalized spacial score (nSPS) is 21.8. The highest BCUT2D eigenvalue weighted by atomic mass is 79.9. The quantitative estimate of drug-likeness (QED) is 0.824. The van der Waals surface area contributed by atoms with E-state index >= 15 is 0 Å². The molecule has 7 heteroatoms. The van der Waals surface area contributed by atoms with Crippen LogP contribution in [0.5, 0.6) is 0 Å². The number of benzene rings is 1. The molecule has 23 heavy (non-hydrogen) atoms. The van der Waals surface area contributed by atoms with Crippen molar-refractivity contribution in [3.63, 3.8) is 0 Å². The van der Waals surface area contributed by atoms with Crippen LogP contribution in [0, 0.1) is 5.92 Å². The highest BCUT2D eigenvalue weighted by molar-refractivity contribution is 9.10. The van der Waals surface area contributed by atoms with Crippen LogP contribution in [0.4, 0.5) is 5.69 Å². The lowest BCUT2D eigenvalue weighted by molar-refractivity contribution is -0.135. The summed E-state index contributed by atoms with van der Waals surface area (Å²) in [6, 6.07) is 7.66. The molecule has 0 saturated carbocycles. The molecule has 2 fully saturated rings. The van der Waals surface area contributed by atoms with E-state index in [0.717, 1.165) is 42.8 Å². The number of amides is 2. The van der Waals surface area contributed by atoms with E-state index < -0.39 is 0 Å². The number of carbonyl (C=O) groups excluding carboxylic acids is 2. The van der Waals surface area contributed by atoms with Gasteiger partial charge in [0.05, 0.1) is 5.92 Å². The first-order chi connectivity index (χ1) is 10.6. The number of rotatable bonds is 2. The summed E-state index contributed by atoms with van der Waals surface area (Å²) in [6.45, 7) is 3.80. The molecule has 1 atom stereocenters. The van der Waals surface area contributed by atoms with Crippen LogP contribution in [0.3, 0.4) is 0 Å². The molecule has 1 unspecified atom stereocenters. The van der Waals surface area contributed by atoms with Gasteiger partial charge in [-0.05, 0) is 31.2 Å². The van der Waals surface area contributed by atoms with Gasteiger partial charge in [-0.15, -0.1) is 12.4 Å². The lowest BCUT2D eigenvalue weighted by Gasteiger charge is -2.23. The summed E-state index contributed by atoms with van der Waals surface area (Å²) < 4.78 is 0.936. The van der Waals surface area contributed by atoms with Crippen LogP contribution in [0.25, 0.3) is 0 Å². The third kappa shape index (κ3) is 4.25. The fraction of sp³-hybridized carbons (Fsp3) is 0.500. The van der Waals surface area contributed by atoms with Gasteiger partial charge in [0, 0.05) is 42.8 Å². The lowest BCUT2D eigenvalue weighted by Crippen LogP contribution is -2.39. The molecule has 0 aromatic heterocycles. The molecule has 1 aromatic rings. The Morgan fingerprint density at radius 1 is 1.26 bits per heavy atom. The Hall–Kier alpha value is -1.11. The second-order valence-electron chi connectivity index (χ2n) is 5.81. The van der Waals surface area contributed by atoms with Crippen LogP contribution < -0.4 is 10.2 Å². The summed E-state index contributed by atoms with van der Waals surface area (Å²) in [5.41, 5.74) is 0.854. The standard InChI is InChI=1S/C16H20BrN3O2.ClH/c17-13-3-1-4-14(10-13)20-11-12(9-15(20)21)16(22)19-7-2-5-18-6-8-19;/h1,3-4,10,12,18H,2,5-9,11H2;1H. The minimum Gasteiger partial charge on any atom is -0.341 e. The van der Waals surface area contributed by atoms with E-state index in [1.54, 1.807) is 4.90 Å². The van der Waals surface area contributed by atoms with E-state index in [1.165, 1.54) is 0 Å². The summed E-state index contributed by atoms with van der Waals surface area (Å²) in [5, 5.41) is 3.30. The zero-order valence-corrected chi connectivity index (χ0v) is 15.2. The van der Waals surface area contributed by atoms with E-state index in [0.29, 0.717) is 13.0 Å². The van der Waals surface area contributed by atoms with E-state index in [4.69, 9.17) is 0 Å². The third-order valence-corrected chi connectivity index (χ3v) is 4.74. The summed E-state index contributed by atoms with van der Waals surface area (Å²) in [4.78, 5) is 28.6. The van der Waals surface area contributed by atoms with Gasteiger partial charge in [-0.2, -0.15) is 0 Å². The number of nitrogens with one attached hydrogen (secondary N) is 1. The first kappa shape index (κ1) is 18.2. The Kier molecular flexibility index (Phi) is 6.44. The molecule has 0 radical (unpaired) electrons. The van der Waals surface area contributed by atoms with Crippen molar-refractivity contribution in [3.05, 3.63) is 28.7 Å². The second kappa shape index (κ2) is 8.13. The molecular formula is C16H21BrClN3O2. The second-order valence-corrected chi connectivity index (χ2v) is 6.73. The summed E-state index contributed by atoms with van der Waals surface area (Å²) in [7, 11) is 0. The molecule has 2 aliphatic rings.